The van der Waals surface area contributed by atoms with Crippen LogP contribution in [0.4, 0.5) is 0 Å². The van der Waals surface area contributed by atoms with Crippen molar-refractivity contribution >= 4 is 29.3 Å². The molecule has 0 aliphatic carbocycles. The van der Waals surface area contributed by atoms with Crippen LogP contribution in [0.1, 0.15) is 24.2 Å². The first kappa shape index (κ1) is 16.8. The first-order chi connectivity index (χ1) is 11.4. The lowest BCUT2D eigenvalue weighted by atomic mass is 9.96. The molecule has 0 radical (unpaired) electrons. The lowest BCUT2D eigenvalue weighted by Gasteiger charge is -2.46. The molecule has 128 valence electrons. The summed E-state index contributed by atoms with van der Waals surface area (Å²) in [4.78, 5) is 40.7. The molecule has 2 heterocycles. The second-order valence-corrected chi connectivity index (χ2v) is 6.98. The maximum absolute atomic E-state index is 12.6. The summed E-state index contributed by atoms with van der Waals surface area (Å²) in [6.45, 7) is 4.79. The van der Waals surface area contributed by atoms with Crippen molar-refractivity contribution in [3.8, 4) is 0 Å². The quantitative estimate of drug-likeness (QED) is 0.870. The van der Waals surface area contributed by atoms with Crippen LogP contribution in [0.3, 0.4) is 0 Å². The second kappa shape index (κ2) is 6.43. The van der Waals surface area contributed by atoms with Crippen molar-refractivity contribution in [2.45, 2.75) is 25.9 Å². The Kier molecular flexibility index (Phi) is 4.49. The summed E-state index contributed by atoms with van der Waals surface area (Å²) < 4.78 is 0. The third-order valence-electron chi connectivity index (χ3n) is 4.56. The van der Waals surface area contributed by atoms with Gasteiger partial charge in [-0.2, -0.15) is 0 Å². The van der Waals surface area contributed by atoms with Crippen LogP contribution in [0.25, 0.3) is 0 Å². The molecule has 0 unspecified atom stereocenters. The first-order valence-electron chi connectivity index (χ1n) is 8.04. The summed E-state index contributed by atoms with van der Waals surface area (Å²) >= 11 is 5.94. The molecule has 0 bridgehead atoms. The summed E-state index contributed by atoms with van der Waals surface area (Å²) in [5.74, 6) is -0.404. The highest BCUT2D eigenvalue weighted by atomic mass is 35.5. The maximum atomic E-state index is 12.6. The fourth-order valence-electron chi connectivity index (χ4n) is 3.20. The summed E-state index contributed by atoms with van der Waals surface area (Å²) in [7, 11) is 0. The molecule has 2 atom stereocenters. The van der Waals surface area contributed by atoms with Crippen LogP contribution in [0.15, 0.2) is 24.3 Å². The monoisotopic (exact) mass is 349 g/mol. The third-order valence-corrected chi connectivity index (χ3v) is 4.79. The number of hydrogen-bond acceptors (Lipinski definition) is 3. The molecule has 0 aromatic heterocycles. The first-order valence-corrected chi connectivity index (χ1v) is 8.42. The van der Waals surface area contributed by atoms with Gasteiger partial charge in [0.25, 0.3) is 5.91 Å². The van der Waals surface area contributed by atoms with E-state index in [2.05, 4.69) is 5.32 Å². The highest BCUT2D eigenvalue weighted by molar-refractivity contribution is 6.30. The number of fused-ring (bicyclic) bond motifs is 1. The Balaban J connectivity index is 1.76. The minimum absolute atomic E-state index is 0.0357. The lowest BCUT2D eigenvalue weighted by Crippen LogP contribution is -2.70. The van der Waals surface area contributed by atoms with Gasteiger partial charge >= 0.3 is 0 Å². The van der Waals surface area contributed by atoms with Crippen LogP contribution in [-0.4, -0.2) is 59.2 Å². The smallest absolute Gasteiger partial charge is 0.254 e. The Morgan fingerprint density at radius 2 is 2.04 bits per heavy atom. The topological polar surface area (TPSA) is 69.7 Å². The predicted octanol–water partition coefficient (Wildman–Crippen LogP) is 1.15. The number of amides is 3. The summed E-state index contributed by atoms with van der Waals surface area (Å²) in [5, 5.41) is 3.27. The zero-order valence-electron chi connectivity index (χ0n) is 13.7. The Bertz CT molecular complexity index is 691. The molecular weight excluding hydrogens is 330 g/mol. The van der Waals surface area contributed by atoms with E-state index in [1.165, 1.54) is 0 Å². The zero-order valence-corrected chi connectivity index (χ0v) is 14.4. The molecule has 0 saturated carbocycles. The molecule has 6 nitrogen and oxygen atoms in total. The summed E-state index contributed by atoms with van der Waals surface area (Å²) in [6, 6.07) is 5.62. The molecule has 3 amide bonds. The van der Waals surface area contributed by atoms with Crippen molar-refractivity contribution in [1.82, 2.24) is 15.1 Å². The number of nitrogens with zero attached hydrogens (tertiary/aromatic N) is 2. The summed E-state index contributed by atoms with van der Waals surface area (Å²) in [6.07, 6.45) is 0. The predicted molar refractivity (Wildman–Crippen MR) is 89.6 cm³/mol. The number of hydrogen-bond donors (Lipinski definition) is 1. The largest absolute Gasteiger partial charge is 0.342 e. The van der Waals surface area contributed by atoms with E-state index in [-0.39, 0.29) is 30.2 Å². The Labute approximate surface area is 145 Å². The van der Waals surface area contributed by atoms with Crippen molar-refractivity contribution in [2.75, 3.05) is 19.6 Å². The molecule has 2 aliphatic rings. The molecule has 3 rings (SSSR count). The third kappa shape index (κ3) is 2.98. The molecule has 24 heavy (non-hydrogen) atoms. The number of nitrogens with one attached hydrogen (secondary N) is 1. The van der Waals surface area contributed by atoms with Crippen LogP contribution in [0, 0.1) is 5.92 Å². The normalized spacial score (nSPS) is 24.0. The van der Waals surface area contributed by atoms with E-state index in [0.29, 0.717) is 23.7 Å². The van der Waals surface area contributed by atoms with E-state index in [1.807, 2.05) is 13.8 Å². The van der Waals surface area contributed by atoms with E-state index < -0.39 is 12.1 Å². The van der Waals surface area contributed by atoms with E-state index in [0.717, 1.165) is 0 Å². The number of rotatable bonds is 2. The average molecular weight is 350 g/mol. The van der Waals surface area contributed by atoms with Gasteiger partial charge in [0.2, 0.25) is 11.8 Å². The molecule has 2 saturated heterocycles. The molecule has 0 spiro atoms. The second-order valence-electron chi connectivity index (χ2n) is 6.54. The number of carbonyl (C=O) groups excluding carboxylic acids is 3. The lowest BCUT2D eigenvalue weighted by molar-refractivity contribution is -0.153. The zero-order chi connectivity index (χ0) is 17.4. The number of carbonyl (C=O) groups is 3. The number of piperazine rings is 2. The van der Waals surface area contributed by atoms with Crippen molar-refractivity contribution in [3.05, 3.63) is 34.9 Å². The molecular formula is C17H20ClN3O3. The van der Waals surface area contributed by atoms with Gasteiger partial charge in [-0.1, -0.05) is 31.5 Å². The minimum atomic E-state index is -0.621. The fraction of sp³-hybridized carbons (Fsp3) is 0.471. The van der Waals surface area contributed by atoms with Crippen LogP contribution in [0.5, 0.6) is 0 Å². The minimum Gasteiger partial charge on any atom is -0.342 e. The molecule has 1 aromatic carbocycles. The molecule has 7 heteroatoms. The molecule has 2 fully saturated rings. The van der Waals surface area contributed by atoms with Crippen molar-refractivity contribution in [1.29, 1.82) is 0 Å². The Morgan fingerprint density at radius 3 is 2.71 bits per heavy atom. The van der Waals surface area contributed by atoms with Crippen LogP contribution in [0.2, 0.25) is 5.02 Å². The van der Waals surface area contributed by atoms with Gasteiger partial charge in [0.05, 0.1) is 6.54 Å². The van der Waals surface area contributed by atoms with Gasteiger partial charge in [0.1, 0.15) is 12.1 Å². The highest BCUT2D eigenvalue weighted by Crippen LogP contribution is 2.21. The van der Waals surface area contributed by atoms with Gasteiger partial charge in [0.15, 0.2) is 0 Å². The Morgan fingerprint density at radius 1 is 1.29 bits per heavy atom. The number of halogens is 1. The Hall–Kier alpha value is -2.08. The van der Waals surface area contributed by atoms with Crippen molar-refractivity contribution < 1.29 is 14.4 Å². The summed E-state index contributed by atoms with van der Waals surface area (Å²) in [5.41, 5.74) is 0.485. The van der Waals surface area contributed by atoms with Crippen LogP contribution in [-0.2, 0) is 9.59 Å². The van der Waals surface area contributed by atoms with Crippen LogP contribution < -0.4 is 5.32 Å². The molecule has 1 aromatic rings. The fourth-order valence-corrected chi connectivity index (χ4v) is 3.39. The van der Waals surface area contributed by atoms with Crippen LogP contribution >= 0.6 is 11.6 Å². The van der Waals surface area contributed by atoms with Gasteiger partial charge in [-0.25, -0.2) is 0 Å². The van der Waals surface area contributed by atoms with E-state index >= 15 is 0 Å². The average Bonchev–Trinajstić information content (AvgIpc) is 2.56. The van der Waals surface area contributed by atoms with Gasteiger partial charge < -0.3 is 15.1 Å². The molecule has 1 N–H and O–H groups in total. The maximum Gasteiger partial charge on any atom is 0.254 e. The van der Waals surface area contributed by atoms with Gasteiger partial charge in [0, 0.05) is 23.7 Å². The number of benzene rings is 1. The highest BCUT2D eigenvalue weighted by Gasteiger charge is 2.45. The van der Waals surface area contributed by atoms with E-state index in [4.69, 9.17) is 11.6 Å². The van der Waals surface area contributed by atoms with Crippen molar-refractivity contribution in [3.63, 3.8) is 0 Å². The van der Waals surface area contributed by atoms with E-state index in [9.17, 15) is 14.4 Å². The van der Waals surface area contributed by atoms with Gasteiger partial charge in [-0.3, -0.25) is 14.4 Å². The van der Waals surface area contributed by atoms with Crippen molar-refractivity contribution in [2.24, 2.45) is 5.92 Å². The van der Waals surface area contributed by atoms with Gasteiger partial charge in [-0.05, 0) is 24.1 Å². The SMILES string of the molecule is CC(C)[C@@H]1NC(=O)[C@H]2CN(C(=O)c3cccc(Cl)c3)CCN2C1=O. The molecule has 2 aliphatic heterocycles. The van der Waals surface area contributed by atoms with E-state index in [1.54, 1.807) is 34.1 Å². The van der Waals surface area contributed by atoms with Gasteiger partial charge in [-0.15, -0.1) is 0 Å². The standard InChI is InChI=1S/C17H20ClN3O3/c1-10(2)14-17(24)21-7-6-20(9-13(21)15(22)19-14)16(23)11-4-3-5-12(18)8-11/h3-5,8,10,13-14H,6-7,9H2,1-2H3,(H,19,22)/t13-,14+/m1/s1.